The van der Waals surface area contributed by atoms with E-state index in [0.29, 0.717) is 5.92 Å². The highest BCUT2D eigenvalue weighted by Gasteiger charge is 2.29. The fourth-order valence-corrected chi connectivity index (χ4v) is 1.95. The molecule has 0 saturated carbocycles. The molecule has 3 heteroatoms. The molecular formula is C14H27N3. The summed E-state index contributed by atoms with van der Waals surface area (Å²) in [4.78, 5) is 0. The average Bonchev–Trinajstić information content (AvgIpc) is 2.43. The summed E-state index contributed by atoms with van der Waals surface area (Å²) in [6.07, 6.45) is 0. The molecule has 0 unspecified atom stereocenters. The van der Waals surface area contributed by atoms with Gasteiger partial charge in [0.1, 0.15) is 11.6 Å². The molecular weight excluding hydrogens is 210 g/mol. The summed E-state index contributed by atoms with van der Waals surface area (Å²) in [5.74, 6) is 2.79. The first-order chi connectivity index (χ1) is 7.53. The molecule has 3 nitrogen and oxygen atoms in total. The van der Waals surface area contributed by atoms with Gasteiger partial charge < -0.3 is 4.57 Å². The number of hydrogen-bond acceptors (Lipinski definition) is 2. The van der Waals surface area contributed by atoms with E-state index in [0.717, 1.165) is 18.2 Å². The highest BCUT2D eigenvalue weighted by Crippen LogP contribution is 2.27. The van der Waals surface area contributed by atoms with Crippen molar-refractivity contribution in [1.29, 1.82) is 0 Å². The van der Waals surface area contributed by atoms with Gasteiger partial charge in [0.05, 0.1) is 0 Å². The molecule has 0 atom stereocenters. The van der Waals surface area contributed by atoms with Crippen LogP contribution >= 0.6 is 0 Å². The van der Waals surface area contributed by atoms with E-state index in [-0.39, 0.29) is 10.8 Å². The summed E-state index contributed by atoms with van der Waals surface area (Å²) in [6.45, 7) is 18.6. The predicted octanol–water partition coefficient (Wildman–Crippen LogP) is 3.53. The van der Waals surface area contributed by atoms with Gasteiger partial charge in [-0.3, -0.25) is 0 Å². The van der Waals surface area contributed by atoms with E-state index in [2.05, 4.69) is 70.2 Å². The molecule has 1 aromatic heterocycles. The van der Waals surface area contributed by atoms with Crippen molar-refractivity contribution in [2.24, 2.45) is 5.92 Å². The zero-order valence-corrected chi connectivity index (χ0v) is 12.6. The van der Waals surface area contributed by atoms with Crippen LogP contribution in [0.5, 0.6) is 0 Å². The van der Waals surface area contributed by atoms with Gasteiger partial charge in [0, 0.05) is 17.4 Å². The average molecular weight is 237 g/mol. The fourth-order valence-electron chi connectivity index (χ4n) is 1.95. The maximum absolute atomic E-state index is 4.42. The first-order valence-corrected chi connectivity index (χ1v) is 6.47. The summed E-state index contributed by atoms with van der Waals surface area (Å²) in [6, 6.07) is 0. The molecule has 1 aromatic rings. The molecule has 0 aromatic carbocycles. The smallest absolute Gasteiger partial charge is 0.138 e. The Bertz CT molecular complexity index is 344. The van der Waals surface area contributed by atoms with Gasteiger partial charge in [0.2, 0.25) is 0 Å². The van der Waals surface area contributed by atoms with Crippen LogP contribution in [0, 0.1) is 5.92 Å². The van der Waals surface area contributed by atoms with Crippen molar-refractivity contribution in [3.8, 4) is 0 Å². The minimum Gasteiger partial charge on any atom is -0.314 e. The Morgan fingerprint density at radius 1 is 0.882 bits per heavy atom. The zero-order chi connectivity index (χ0) is 13.4. The van der Waals surface area contributed by atoms with Crippen LogP contribution in [0.2, 0.25) is 0 Å². The van der Waals surface area contributed by atoms with Gasteiger partial charge in [0.25, 0.3) is 0 Å². The summed E-state index contributed by atoms with van der Waals surface area (Å²) in [5.41, 5.74) is 0.0940. The highest BCUT2D eigenvalue weighted by atomic mass is 15.3. The van der Waals surface area contributed by atoms with Crippen molar-refractivity contribution in [2.75, 3.05) is 0 Å². The lowest BCUT2D eigenvalue weighted by Gasteiger charge is -2.25. The molecule has 0 radical (unpaired) electrons. The second-order valence-electron chi connectivity index (χ2n) is 7.35. The Hall–Kier alpha value is -0.860. The summed E-state index contributed by atoms with van der Waals surface area (Å²) in [7, 11) is 0. The molecule has 0 bridgehead atoms. The molecule has 1 heterocycles. The topological polar surface area (TPSA) is 30.7 Å². The molecule has 0 aliphatic rings. The maximum Gasteiger partial charge on any atom is 0.138 e. The molecule has 17 heavy (non-hydrogen) atoms. The Labute approximate surface area is 106 Å². The second-order valence-corrected chi connectivity index (χ2v) is 7.35. The van der Waals surface area contributed by atoms with Gasteiger partial charge in [0.15, 0.2) is 0 Å². The Morgan fingerprint density at radius 2 is 1.24 bits per heavy atom. The Kier molecular flexibility index (Phi) is 3.70. The molecule has 0 aliphatic carbocycles. The lowest BCUT2D eigenvalue weighted by Crippen LogP contribution is -2.26. The molecule has 0 fully saturated rings. The minimum atomic E-state index is 0.0470. The van der Waals surface area contributed by atoms with E-state index < -0.39 is 0 Å². The Balaban J connectivity index is 3.30. The molecule has 0 amide bonds. The number of hydrogen-bond donors (Lipinski definition) is 0. The van der Waals surface area contributed by atoms with Crippen molar-refractivity contribution in [3.05, 3.63) is 11.6 Å². The Morgan fingerprint density at radius 3 is 1.47 bits per heavy atom. The first-order valence-electron chi connectivity index (χ1n) is 6.47. The zero-order valence-electron chi connectivity index (χ0n) is 12.6. The standard InChI is InChI=1S/C14H27N3/c1-10(2)9-17-11(13(3,4)5)15-16-12(17)14(6,7)8/h10H,9H2,1-8H3. The van der Waals surface area contributed by atoms with E-state index in [9.17, 15) is 0 Å². The van der Waals surface area contributed by atoms with Crippen LogP contribution in [0.25, 0.3) is 0 Å². The van der Waals surface area contributed by atoms with Crippen LogP contribution in [0.4, 0.5) is 0 Å². The lowest BCUT2D eigenvalue weighted by molar-refractivity contribution is 0.414. The van der Waals surface area contributed by atoms with Crippen molar-refractivity contribution in [3.63, 3.8) is 0 Å². The molecule has 98 valence electrons. The van der Waals surface area contributed by atoms with Gasteiger partial charge in [-0.15, -0.1) is 10.2 Å². The largest absolute Gasteiger partial charge is 0.314 e. The van der Waals surface area contributed by atoms with Crippen molar-refractivity contribution in [1.82, 2.24) is 14.8 Å². The van der Waals surface area contributed by atoms with E-state index in [1.54, 1.807) is 0 Å². The molecule has 1 rings (SSSR count). The van der Waals surface area contributed by atoms with E-state index in [1.807, 2.05) is 0 Å². The van der Waals surface area contributed by atoms with Crippen LogP contribution in [0.3, 0.4) is 0 Å². The van der Waals surface area contributed by atoms with E-state index in [4.69, 9.17) is 0 Å². The van der Waals surface area contributed by atoms with Gasteiger partial charge in [-0.2, -0.15) is 0 Å². The van der Waals surface area contributed by atoms with E-state index >= 15 is 0 Å². The number of aromatic nitrogens is 3. The van der Waals surface area contributed by atoms with Gasteiger partial charge in [-0.25, -0.2) is 0 Å². The summed E-state index contributed by atoms with van der Waals surface area (Å²) in [5, 5.41) is 8.84. The van der Waals surface area contributed by atoms with Gasteiger partial charge in [-0.1, -0.05) is 55.4 Å². The van der Waals surface area contributed by atoms with Crippen LogP contribution in [0.15, 0.2) is 0 Å². The van der Waals surface area contributed by atoms with Crippen LogP contribution in [0.1, 0.15) is 67.0 Å². The monoisotopic (exact) mass is 237 g/mol. The number of rotatable bonds is 2. The second kappa shape index (κ2) is 4.43. The third-order valence-corrected chi connectivity index (χ3v) is 2.64. The molecule has 0 N–H and O–H groups in total. The third kappa shape index (κ3) is 3.30. The summed E-state index contributed by atoms with van der Waals surface area (Å²) >= 11 is 0. The molecule has 0 aliphatic heterocycles. The third-order valence-electron chi connectivity index (χ3n) is 2.64. The highest BCUT2D eigenvalue weighted by molar-refractivity contribution is 5.11. The van der Waals surface area contributed by atoms with Crippen LogP contribution in [-0.4, -0.2) is 14.8 Å². The van der Waals surface area contributed by atoms with Crippen molar-refractivity contribution >= 4 is 0 Å². The lowest BCUT2D eigenvalue weighted by atomic mass is 9.93. The van der Waals surface area contributed by atoms with Crippen molar-refractivity contribution < 1.29 is 0 Å². The first kappa shape index (κ1) is 14.2. The van der Waals surface area contributed by atoms with E-state index in [1.165, 1.54) is 0 Å². The van der Waals surface area contributed by atoms with Gasteiger partial charge >= 0.3 is 0 Å². The normalized spacial score (nSPS) is 13.5. The quantitative estimate of drug-likeness (QED) is 0.788. The van der Waals surface area contributed by atoms with Crippen LogP contribution < -0.4 is 0 Å². The maximum atomic E-state index is 4.42. The number of nitrogens with zero attached hydrogens (tertiary/aromatic N) is 3. The predicted molar refractivity (Wildman–Crippen MR) is 72.3 cm³/mol. The van der Waals surface area contributed by atoms with Crippen LogP contribution in [-0.2, 0) is 17.4 Å². The minimum absolute atomic E-state index is 0.0470. The molecule has 0 spiro atoms. The van der Waals surface area contributed by atoms with Crippen molar-refractivity contribution in [2.45, 2.75) is 72.8 Å². The summed E-state index contributed by atoms with van der Waals surface area (Å²) < 4.78 is 2.31. The molecule has 0 saturated heterocycles. The van der Waals surface area contributed by atoms with Gasteiger partial charge in [-0.05, 0) is 5.92 Å². The SMILES string of the molecule is CC(C)Cn1c(C(C)(C)C)nnc1C(C)(C)C. The fraction of sp³-hybridized carbons (Fsp3) is 0.857.